The minimum Gasteiger partial charge on any atom is -0.493 e. The van der Waals surface area contributed by atoms with Gasteiger partial charge in [-0.3, -0.25) is 4.79 Å². The normalized spacial score (nSPS) is 13.8. The monoisotopic (exact) mass is 424 g/mol. The number of aromatic nitrogens is 2. The summed E-state index contributed by atoms with van der Waals surface area (Å²) in [6.45, 7) is 2.45. The predicted octanol–water partition coefficient (Wildman–Crippen LogP) is 2.72. The number of hydrogen-bond donors (Lipinski definition) is 0. The van der Waals surface area contributed by atoms with Crippen molar-refractivity contribution in [1.29, 1.82) is 0 Å². The Morgan fingerprint density at radius 1 is 0.935 bits per heavy atom. The lowest BCUT2D eigenvalue weighted by atomic mass is 10.1. The number of nitrogens with zero attached hydrogens (tertiary/aromatic N) is 4. The van der Waals surface area contributed by atoms with Crippen molar-refractivity contribution in [2.45, 2.75) is 0 Å². The number of piperazine rings is 1. The van der Waals surface area contributed by atoms with Gasteiger partial charge in [-0.1, -0.05) is 0 Å². The lowest BCUT2D eigenvalue weighted by molar-refractivity contribution is 0.0745. The number of amides is 1. The van der Waals surface area contributed by atoms with E-state index in [1.165, 1.54) is 21.3 Å². The second-order valence-corrected chi connectivity index (χ2v) is 6.95. The molecule has 9 nitrogen and oxygen atoms in total. The first-order valence-corrected chi connectivity index (χ1v) is 9.86. The maximum atomic E-state index is 13.1. The van der Waals surface area contributed by atoms with Crippen LogP contribution in [0.3, 0.4) is 0 Å². The zero-order valence-corrected chi connectivity index (χ0v) is 17.7. The Balaban J connectivity index is 1.43. The highest BCUT2D eigenvalue weighted by molar-refractivity contribution is 5.95. The van der Waals surface area contributed by atoms with Gasteiger partial charge in [-0.25, -0.2) is 0 Å². The molecule has 4 rings (SSSR count). The second kappa shape index (κ2) is 8.95. The van der Waals surface area contributed by atoms with Gasteiger partial charge in [0.2, 0.25) is 5.75 Å². The molecule has 31 heavy (non-hydrogen) atoms. The molecule has 1 aliphatic rings. The van der Waals surface area contributed by atoms with Crippen molar-refractivity contribution in [3.63, 3.8) is 0 Å². The van der Waals surface area contributed by atoms with E-state index in [-0.39, 0.29) is 5.91 Å². The van der Waals surface area contributed by atoms with E-state index < -0.39 is 0 Å². The Hall–Kier alpha value is -3.75. The number of carbonyl (C=O) groups is 1. The van der Waals surface area contributed by atoms with Gasteiger partial charge in [0.25, 0.3) is 5.91 Å². The third kappa shape index (κ3) is 4.11. The summed E-state index contributed by atoms with van der Waals surface area (Å²) in [5.41, 5.74) is 1.18. The second-order valence-electron chi connectivity index (χ2n) is 6.95. The molecule has 1 saturated heterocycles. The fourth-order valence-corrected chi connectivity index (χ4v) is 3.58. The van der Waals surface area contributed by atoms with Gasteiger partial charge in [0.05, 0.1) is 27.6 Å². The van der Waals surface area contributed by atoms with Crippen molar-refractivity contribution < 1.29 is 23.4 Å². The highest BCUT2D eigenvalue weighted by Gasteiger charge is 2.25. The third-order valence-electron chi connectivity index (χ3n) is 5.23. The molecule has 3 aromatic rings. The molecular weight excluding hydrogens is 400 g/mol. The zero-order valence-electron chi connectivity index (χ0n) is 17.7. The Kier molecular flexibility index (Phi) is 5.92. The summed E-state index contributed by atoms with van der Waals surface area (Å²) in [4.78, 5) is 17.0. The molecule has 1 aromatic carbocycles. The minimum atomic E-state index is -0.0850. The van der Waals surface area contributed by atoms with Gasteiger partial charge in [-0.05, 0) is 36.4 Å². The van der Waals surface area contributed by atoms with Crippen LogP contribution >= 0.6 is 0 Å². The first-order valence-electron chi connectivity index (χ1n) is 9.86. The van der Waals surface area contributed by atoms with Gasteiger partial charge in [0.15, 0.2) is 23.1 Å². The smallest absolute Gasteiger partial charge is 0.254 e. The van der Waals surface area contributed by atoms with Gasteiger partial charge in [0, 0.05) is 31.7 Å². The van der Waals surface area contributed by atoms with Crippen LogP contribution in [0.4, 0.5) is 5.82 Å². The van der Waals surface area contributed by atoms with Crippen LogP contribution in [0.1, 0.15) is 10.4 Å². The molecule has 0 bridgehead atoms. The highest BCUT2D eigenvalue weighted by atomic mass is 16.5. The van der Waals surface area contributed by atoms with Crippen LogP contribution in [0.15, 0.2) is 47.1 Å². The van der Waals surface area contributed by atoms with Crippen molar-refractivity contribution in [2.24, 2.45) is 0 Å². The summed E-state index contributed by atoms with van der Waals surface area (Å²) in [5, 5.41) is 8.56. The molecule has 1 fully saturated rings. The summed E-state index contributed by atoms with van der Waals surface area (Å²) in [6, 6.07) is 10.8. The average molecular weight is 424 g/mol. The van der Waals surface area contributed by atoms with E-state index in [2.05, 4.69) is 15.1 Å². The fraction of sp³-hybridized carbons (Fsp3) is 0.318. The number of ether oxygens (including phenoxy) is 3. The average Bonchev–Trinajstić information content (AvgIpc) is 3.38. The molecule has 2 aromatic heterocycles. The van der Waals surface area contributed by atoms with Crippen molar-refractivity contribution in [1.82, 2.24) is 15.1 Å². The molecule has 1 amide bonds. The molecule has 0 atom stereocenters. The molecule has 0 spiro atoms. The summed E-state index contributed by atoms with van der Waals surface area (Å²) in [5.74, 6) is 2.74. The number of anilines is 1. The summed E-state index contributed by atoms with van der Waals surface area (Å²) in [6.07, 6.45) is 1.61. The van der Waals surface area contributed by atoms with Gasteiger partial charge in [-0.15, -0.1) is 10.2 Å². The zero-order chi connectivity index (χ0) is 21.8. The number of benzene rings is 1. The summed E-state index contributed by atoms with van der Waals surface area (Å²) < 4.78 is 21.4. The van der Waals surface area contributed by atoms with E-state index >= 15 is 0 Å². The molecule has 0 radical (unpaired) electrons. The fourth-order valence-electron chi connectivity index (χ4n) is 3.58. The molecule has 162 valence electrons. The molecule has 0 N–H and O–H groups in total. The van der Waals surface area contributed by atoms with Crippen molar-refractivity contribution in [3.8, 4) is 28.7 Å². The standard InChI is InChI=1S/C22H24N4O5/c1-28-18-13-15(14-19(29-2)21(18)30-3)22(27)26-10-8-25(9-11-26)20-7-6-16(23-24-20)17-5-4-12-31-17/h4-7,12-14H,8-11H2,1-3H3. The van der Waals surface area contributed by atoms with Crippen molar-refractivity contribution in [2.75, 3.05) is 52.4 Å². The van der Waals surface area contributed by atoms with Crippen LogP contribution in [0.5, 0.6) is 17.2 Å². The Bertz CT molecular complexity index is 1000. The van der Waals surface area contributed by atoms with E-state index in [0.29, 0.717) is 60.4 Å². The maximum absolute atomic E-state index is 13.1. The van der Waals surface area contributed by atoms with E-state index in [0.717, 1.165) is 5.82 Å². The van der Waals surface area contributed by atoms with Crippen LogP contribution in [0.25, 0.3) is 11.5 Å². The molecular formula is C22H24N4O5. The van der Waals surface area contributed by atoms with Gasteiger partial charge < -0.3 is 28.4 Å². The largest absolute Gasteiger partial charge is 0.493 e. The van der Waals surface area contributed by atoms with Gasteiger partial charge in [-0.2, -0.15) is 0 Å². The molecule has 0 saturated carbocycles. The predicted molar refractivity (Wildman–Crippen MR) is 114 cm³/mol. The highest BCUT2D eigenvalue weighted by Crippen LogP contribution is 2.38. The van der Waals surface area contributed by atoms with Crippen molar-refractivity contribution >= 4 is 11.7 Å². The van der Waals surface area contributed by atoms with Crippen LogP contribution in [-0.2, 0) is 0 Å². The maximum Gasteiger partial charge on any atom is 0.254 e. The third-order valence-corrected chi connectivity index (χ3v) is 5.23. The SMILES string of the molecule is COc1cc(C(=O)N2CCN(c3ccc(-c4ccco4)nn3)CC2)cc(OC)c1OC. The number of rotatable bonds is 6. The lowest BCUT2D eigenvalue weighted by Gasteiger charge is -2.35. The van der Waals surface area contributed by atoms with E-state index in [9.17, 15) is 4.79 Å². The van der Waals surface area contributed by atoms with E-state index in [1.54, 1.807) is 18.4 Å². The topological polar surface area (TPSA) is 90.2 Å². The van der Waals surface area contributed by atoms with Gasteiger partial charge in [0.1, 0.15) is 5.69 Å². The van der Waals surface area contributed by atoms with Crippen molar-refractivity contribution in [3.05, 3.63) is 48.2 Å². The van der Waals surface area contributed by atoms with Gasteiger partial charge >= 0.3 is 0 Å². The van der Waals surface area contributed by atoms with Crippen LogP contribution in [-0.4, -0.2) is 68.5 Å². The van der Waals surface area contributed by atoms with Crippen LogP contribution in [0.2, 0.25) is 0 Å². The Morgan fingerprint density at radius 3 is 2.16 bits per heavy atom. The number of hydrogen-bond acceptors (Lipinski definition) is 8. The number of carbonyl (C=O) groups excluding carboxylic acids is 1. The first-order chi connectivity index (χ1) is 15.1. The van der Waals surface area contributed by atoms with E-state index in [4.69, 9.17) is 18.6 Å². The number of furan rings is 1. The lowest BCUT2D eigenvalue weighted by Crippen LogP contribution is -2.49. The summed E-state index contributed by atoms with van der Waals surface area (Å²) >= 11 is 0. The molecule has 3 heterocycles. The summed E-state index contributed by atoms with van der Waals surface area (Å²) in [7, 11) is 4.59. The van der Waals surface area contributed by atoms with Crippen LogP contribution in [0, 0.1) is 0 Å². The number of methoxy groups -OCH3 is 3. The van der Waals surface area contributed by atoms with E-state index in [1.807, 2.05) is 29.2 Å². The quantitative estimate of drug-likeness (QED) is 0.597. The first kappa shape index (κ1) is 20.5. The molecule has 0 unspecified atom stereocenters. The molecule has 1 aliphatic heterocycles. The molecule has 9 heteroatoms. The Labute approximate surface area is 180 Å². The Morgan fingerprint density at radius 2 is 1.65 bits per heavy atom. The van der Waals surface area contributed by atoms with Crippen LogP contribution < -0.4 is 19.1 Å². The minimum absolute atomic E-state index is 0.0850. The molecule has 0 aliphatic carbocycles.